The predicted octanol–water partition coefficient (Wildman–Crippen LogP) is 4.86. The molecule has 340 valence electrons. The lowest BCUT2D eigenvalue weighted by atomic mass is 10.1. The van der Waals surface area contributed by atoms with Crippen LogP contribution in [0.3, 0.4) is 0 Å². The first-order valence-corrected chi connectivity index (χ1v) is 24.8. The molecular weight excluding hydrogens is 896 g/mol. The number of aromatic amines is 1. The van der Waals surface area contributed by atoms with Crippen LogP contribution in [-0.4, -0.2) is 106 Å². The SMILES string of the molecule is CCCCCCCC(=O)Oc1ccc(CSP2(=O)CO[C@H]3[C@@H](F)[C@H](n4cnc5c(N)ncnc54)O[C@@H]3COP(=O)(O)O[C@@H]3[C@H](F)[C@@H](CO2)O[C@H]3n2cnc3c(=O)[nH]c(N)nc32)cc1. The fraction of sp³-hybridized carbons (Fsp3) is 0.528. The number of carbonyl (C=O) groups is 1. The van der Waals surface area contributed by atoms with Gasteiger partial charge in [0.2, 0.25) is 5.95 Å². The summed E-state index contributed by atoms with van der Waals surface area (Å²) in [5.41, 5.74) is 11.5. The van der Waals surface area contributed by atoms with Crippen LogP contribution in [0.25, 0.3) is 22.3 Å². The molecule has 3 fully saturated rings. The molecule has 2 unspecified atom stereocenters. The monoisotopic (exact) mass is 940 g/mol. The number of fused-ring (bicyclic) bond motifs is 5. The molecule has 27 heteroatoms. The van der Waals surface area contributed by atoms with Gasteiger partial charge in [-0.25, -0.2) is 33.3 Å². The number of imidazole rings is 2. The van der Waals surface area contributed by atoms with E-state index < -0.39 is 88.7 Å². The van der Waals surface area contributed by atoms with E-state index in [0.29, 0.717) is 11.3 Å². The van der Waals surface area contributed by atoms with Gasteiger partial charge in [0, 0.05) is 12.2 Å². The second-order valence-corrected chi connectivity index (χ2v) is 21.1. The first-order chi connectivity index (χ1) is 30.2. The molecule has 22 nitrogen and oxygen atoms in total. The Morgan fingerprint density at radius 3 is 2.41 bits per heavy atom. The number of alkyl halides is 2. The minimum Gasteiger partial charge on any atom is -0.427 e. The smallest absolute Gasteiger partial charge is 0.427 e. The summed E-state index contributed by atoms with van der Waals surface area (Å²) < 4.78 is 104. The van der Waals surface area contributed by atoms with Crippen molar-refractivity contribution in [2.45, 2.75) is 100 Å². The van der Waals surface area contributed by atoms with Crippen molar-refractivity contribution in [3.8, 4) is 5.75 Å². The minimum atomic E-state index is -5.26. The average molecular weight is 941 g/mol. The molecule has 2 bridgehead atoms. The van der Waals surface area contributed by atoms with Crippen LogP contribution >= 0.6 is 25.8 Å². The zero-order valence-electron chi connectivity index (χ0n) is 33.5. The van der Waals surface area contributed by atoms with Crippen molar-refractivity contribution in [1.29, 1.82) is 0 Å². The third kappa shape index (κ3) is 9.97. The number of ether oxygens (including phenoxy) is 4. The Morgan fingerprint density at radius 1 is 0.921 bits per heavy atom. The quantitative estimate of drug-likeness (QED) is 0.0562. The van der Waals surface area contributed by atoms with Crippen molar-refractivity contribution in [2.75, 3.05) is 31.0 Å². The highest BCUT2D eigenvalue weighted by Crippen LogP contribution is 2.62. The number of nitrogens with one attached hydrogen (secondary N) is 1. The Morgan fingerprint density at radius 2 is 1.63 bits per heavy atom. The van der Waals surface area contributed by atoms with E-state index >= 15 is 8.78 Å². The molecule has 0 saturated carbocycles. The summed E-state index contributed by atoms with van der Waals surface area (Å²) in [4.78, 5) is 58.5. The molecule has 1 aromatic carbocycles. The topological polar surface area (TPSA) is 295 Å². The van der Waals surface area contributed by atoms with Gasteiger partial charge >= 0.3 is 13.8 Å². The highest BCUT2D eigenvalue weighted by molar-refractivity contribution is 8.56. The Hall–Kier alpha value is -4.42. The van der Waals surface area contributed by atoms with E-state index in [4.69, 9.17) is 44.0 Å². The number of benzene rings is 1. The van der Waals surface area contributed by atoms with E-state index in [0.717, 1.165) is 60.7 Å². The molecule has 0 spiro atoms. The number of phosphoric acid groups is 1. The van der Waals surface area contributed by atoms with E-state index in [1.54, 1.807) is 24.3 Å². The van der Waals surface area contributed by atoms with Gasteiger partial charge in [0.25, 0.3) is 12.1 Å². The molecule has 5 aromatic rings. The van der Waals surface area contributed by atoms with Crippen molar-refractivity contribution in [3.05, 3.63) is 59.2 Å². The highest BCUT2D eigenvalue weighted by atomic mass is 32.7. The van der Waals surface area contributed by atoms with Crippen molar-refractivity contribution >= 4 is 65.8 Å². The number of nitrogen functional groups attached to an aromatic ring is 2. The largest absolute Gasteiger partial charge is 0.472 e. The maximum Gasteiger partial charge on any atom is 0.472 e. The van der Waals surface area contributed by atoms with Crippen LogP contribution in [0.4, 0.5) is 20.5 Å². The van der Waals surface area contributed by atoms with E-state index in [-0.39, 0.29) is 52.2 Å². The van der Waals surface area contributed by atoms with Gasteiger partial charge in [-0.2, -0.15) is 4.98 Å². The average Bonchev–Trinajstić information content (AvgIpc) is 4.02. The molecular formula is C36H44F2N10O12P2S. The van der Waals surface area contributed by atoms with Crippen LogP contribution in [-0.2, 0) is 47.5 Å². The summed E-state index contributed by atoms with van der Waals surface area (Å²) in [6.45, 7) is -3.60. The lowest BCUT2D eigenvalue weighted by Crippen LogP contribution is -2.36. The zero-order chi connectivity index (χ0) is 44.5. The molecule has 3 aliphatic heterocycles. The lowest BCUT2D eigenvalue weighted by Gasteiger charge is -2.26. The van der Waals surface area contributed by atoms with Crippen LogP contribution in [0.1, 0.15) is 63.5 Å². The number of hydrogen-bond acceptors (Lipinski definition) is 19. The first kappa shape index (κ1) is 45.2. The Kier molecular flexibility index (Phi) is 13.6. The third-order valence-electron chi connectivity index (χ3n) is 10.5. The van der Waals surface area contributed by atoms with Crippen LogP contribution in [0, 0.1) is 0 Å². The van der Waals surface area contributed by atoms with Crippen LogP contribution in [0.2, 0.25) is 0 Å². The fourth-order valence-electron chi connectivity index (χ4n) is 7.31. The van der Waals surface area contributed by atoms with Crippen LogP contribution in [0.5, 0.6) is 5.75 Å². The Labute approximate surface area is 360 Å². The maximum absolute atomic E-state index is 16.6. The molecule has 4 aromatic heterocycles. The lowest BCUT2D eigenvalue weighted by molar-refractivity contribution is -0.134. The summed E-state index contributed by atoms with van der Waals surface area (Å²) in [6, 6.07) is 6.51. The molecule has 0 radical (unpaired) electrons. The van der Waals surface area contributed by atoms with Crippen molar-refractivity contribution in [2.24, 2.45) is 0 Å². The summed E-state index contributed by atoms with van der Waals surface area (Å²) >= 11 is 0.807. The third-order valence-corrected chi connectivity index (χ3v) is 15.6. The van der Waals surface area contributed by atoms with Gasteiger partial charge in [0.15, 0.2) is 47.4 Å². The number of hydrogen-bond donors (Lipinski definition) is 4. The molecule has 63 heavy (non-hydrogen) atoms. The van der Waals surface area contributed by atoms with Crippen LogP contribution in [0.15, 0.2) is 48.0 Å². The second kappa shape index (κ2) is 19.0. The molecule has 10 atom stereocenters. The number of carbonyl (C=O) groups excluding carboxylic acids is 1. The predicted molar refractivity (Wildman–Crippen MR) is 221 cm³/mol. The van der Waals surface area contributed by atoms with Gasteiger partial charge in [-0.05, 0) is 24.1 Å². The standard InChI is InChI=1S/C36H44F2N10O12P2S/c1-2-3-4-5-6-7-23(49)57-20-10-8-19(9-11-20)14-63-61(51)18-54-28-22(59-34(25(28)38)47-16-43-26-30(39)41-15-42-31(26)47)13-56-62(52,53)60-29-24(37)21(12-55-61)58-35(29)48-17-44-27-32(48)45-36(40)46-33(27)50/h8-11,15-17,21-22,24-25,28-29,34-35H,2-7,12-14,18H2,1H3,(H,52,53)(H2,39,41,42)(H3,40,45,46,50)/t21-,22-,24-,25-,28-,29-,34-,35-,61?/m1/s1. The van der Waals surface area contributed by atoms with E-state index in [2.05, 4.69) is 36.8 Å². The number of halogens is 2. The molecule has 8 rings (SSSR count). The second-order valence-electron chi connectivity index (χ2n) is 14.9. The number of phosphoric ester groups is 1. The highest BCUT2D eigenvalue weighted by Gasteiger charge is 2.54. The van der Waals surface area contributed by atoms with Gasteiger partial charge < -0.3 is 39.8 Å². The van der Waals surface area contributed by atoms with Crippen molar-refractivity contribution < 1.29 is 60.1 Å². The van der Waals surface area contributed by atoms with E-state index in [9.17, 15) is 23.6 Å². The van der Waals surface area contributed by atoms with Gasteiger partial charge in [0.1, 0.15) is 48.4 Å². The molecule has 6 N–H and O–H groups in total. The van der Waals surface area contributed by atoms with Gasteiger partial charge in [0.05, 0.1) is 25.9 Å². The number of rotatable bonds is 12. The number of esters is 1. The summed E-state index contributed by atoms with van der Waals surface area (Å²) in [5, 5.41) is 0. The summed E-state index contributed by atoms with van der Waals surface area (Å²) in [6.07, 6.45) is -6.21. The Bertz CT molecular complexity index is 2590. The fourth-order valence-corrected chi connectivity index (χ4v) is 11.6. The zero-order valence-corrected chi connectivity index (χ0v) is 36.1. The van der Waals surface area contributed by atoms with Gasteiger partial charge in [-0.15, -0.1) is 0 Å². The molecule has 0 aliphatic carbocycles. The Balaban J connectivity index is 1.06. The number of H-pyrrole nitrogens is 1. The molecule has 3 saturated heterocycles. The van der Waals surface area contributed by atoms with E-state index in [1.165, 1.54) is 10.9 Å². The minimum absolute atomic E-state index is 0.0140. The van der Waals surface area contributed by atoms with Crippen molar-refractivity contribution in [3.63, 3.8) is 0 Å². The molecule has 3 aliphatic rings. The number of unbranched alkanes of at least 4 members (excludes halogenated alkanes) is 4. The normalized spacial score (nSPS) is 30.3. The van der Waals surface area contributed by atoms with Crippen LogP contribution < -0.4 is 21.8 Å². The van der Waals surface area contributed by atoms with Crippen molar-refractivity contribution in [1.82, 2.24) is 39.0 Å². The summed E-state index contributed by atoms with van der Waals surface area (Å²) in [5.74, 6) is -0.293. The number of aromatic nitrogens is 8. The first-order valence-electron chi connectivity index (χ1n) is 19.9. The maximum atomic E-state index is 16.6. The van der Waals surface area contributed by atoms with E-state index in [1.807, 2.05) is 0 Å². The number of nitrogens with zero attached hydrogens (tertiary/aromatic N) is 7. The number of anilines is 2. The van der Waals surface area contributed by atoms with Gasteiger partial charge in [-0.1, -0.05) is 56.1 Å². The summed E-state index contributed by atoms with van der Waals surface area (Å²) in [7, 11) is -5.26. The van der Waals surface area contributed by atoms with Gasteiger partial charge in [-0.3, -0.25) is 37.3 Å². The number of nitrogens with two attached hydrogens (primary N) is 2. The molecule has 7 heterocycles. The molecule has 0 amide bonds.